The van der Waals surface area contributed by atoms with Gasteiger partial charge in [0, 0.05) is 56.4 Å². The number of aromatic nitrogens is 2. The number of aliphatic hydroxyl groups excluding tert-OH is 1. The van der Waals surface area contributed by atoms with Gasteiger partial charge in [-0.15, -0.1) is 0 Å². The quantitative estimate of drug-likeness (QED) is 0.723. The first-order chi connectivity index (χ1) is 13.0. The summed E-state index contributed by atoms with van der Waals surface area (Å²) in [5.41, 5.74) is 3.01. The number of nitrogens with zero attached hydrogens (tertiary/aromatic N) is 4. The largest absolute Gasteiger partial charge is 0.389 e. The molecule has 2 aromatic rings. The predicted molar refractivity (Wildman–Crippen MR) is 112 cm³/mol. The van der Waals surface area contributed by atoms with Gasteiger partial charge in [-0.1, -0.05) is 12.2 Å². The molecule has 2 heterocycles. The van der Waals surface area contributed by atoms with E-state index in [-0.39, 0.29) is 0 Å². The Hall–Kier alpha value is -2.64. The maximum atomic E-state index is 9.39. The summed E-state index contributed by atoms with van der Waals surface area (Å²) >= 11 is 0. The lowest BCUT2D eigenvalue weighted by molar-refractivity contribution is 0.245. The fourth-order valence-electron chi connectivity index (χ4n) is 2.97. The fourth-order valence-corrected chi connectivity index (χ4v) is 2.97. The Morgan fingerprint density at radius 3 is 2.48 bits per heavy atom. The van der Waals surface area contributed by atoms with Crippen LogP contribution in [0.5, 0.6) is 0 Å². The van der Waals surface area contributed by atoms with Crippen molar-refractivity contribution in [3.63, 3.8) is 0 Å². The maximum absolute atomic E-state index is 9.39. The van der Waals surface area contributed by atoms with E-state index in [1.807, 2.05) is 13.1 Å². The second kappa shape index (κ2) is 8.83. The van der Waals surface area contributed by atoms with Crippen molar-refractivity contribution in [3.05, 3.63) is 42.1 Å². The highest BCUT2D eigenvalue weighted by molar-refractivity contribution is 5.65. The van der Waals surface area contributed by atoms with Gasteiger partial charge in [-0.05, 0) is 38.2 Å². The van der Waals surface area contributed by atoms with Crippen LogP contribution >= 0.6 is 0 Å². The van der Waals surface area contributed by atoms with Gasteiger partial charge in [0.15, 0.2) is 0 Å². The van der Waals surface area contributed by atoms with Gasteiger partial charge in [0.1, 0.15) is 5.82 Å². The summed E-state index contributed by atoms with van der Waals surface area (Å²) < 4.78 is 0. The van der Waals surface area contributed by atoms with Crippen LogP contribution in [0.4, 0.5) is 23.1 Å². The Balaban J connectivity index is 1.68. The van der Waals surface area contributed by atoms with E-state index in [4.69, 9.17) is 0 Å². The van der Waals surface area contributed by atoms with Crippen LogP contribution in [0.25, 0.3) is 6.08 Å². The third-order valence-corrected chi connectivity index (χ3v) is 4.60. The SMILES string of the molecule is CNc1nc(Nc2ccc(N3CCN(C)CC3)cc2)ncc1C=CC(C)O. The molecule has 0 bridgehead atoms. The zero-order valence-electron chi connectivity index (χ0n) is 16.2. The van der Waals surface area contributed by atoms with Crippen LogP contribution in [0.1, 0.15) is 12.5 Å². The van der Waals surface area contributed by atoms with Gasteiger partial charge in [0.2, 0.25) is 5.95 Å². The molecule has 0 aliphatic carbocycles. The van der Waals surface area contributed by atoms with E-state index in [9.17, 15) is 5.11 Å². The topological polar surface area (TPSA) is 76.6 Å². The molecule has 0 spiro atoms. The number of aliphatic hydroxyl groups is 1. The molecule has 7 nitrogen and oxygen atoms in total. The molecular formula is C20H28N6O. The third kappa shape index (κ3) is 5.18. The van der Waals surface area contributed by atoms with Crippen LogP contribution in [0.3, 0.4) is 0 Å². The second-order valence-corrected chi connectivity index (χ2v) is 6.81. The average molecular weight is 368 g/mol. The van der Waals surface area contributed by atoms with Crippen molar-refractivity contribution < 1.29 is 5.11 Å². The van der Waals surface area contributed by atoms with Crippen LogP contribution in [-0.4, -0.2) is 66.4 Å². The minimum absolute atomic E-state index is 0.508. The molecule has 0 radical (unpaired) electrons. The van der Waals surface area contributed by atoms with E-state index in [1.54, 1.807) is 19.2 Å². The zero-order valence-corrected chi connectivity index (χ0v) is 16.2. The minimum atomic E-state index is -0.508. The molecule has 1 atom stereocenters. The van der Waals surface area contributed by atoms with E-state index in [1.165, 1.54) is 5.69 Å². The summed E-state index contributed by atoms with van der Waals surface area (Å²) in [6.07, 6.45) is 4.74. The van der Waals surface area contributed by atoms with Gasteiger partial charge in [-0.25, -0.2) is 4.98 Å². The smallest absolute Gasteiger partial charge is 0.229 e. The Morgan fingerprint density at radius 1 is 1.15 bits per heavy atom. The van der Waals surface area contributed by atoms with Crippen molar-refractivity contribution in [2.24, 2.45) is 0 Å². The van der Waals surface area contributed by atoms with E-state index in [0.29, 0.717) is 11.8 Å². The Labute approximate surface area is 160 Å². The average Bonchev–Trinajstić information content (AvgIpc) is 2.68. The molecule has 1 aliphatic heterocycles. The molecule has 1 aliphatic rings. The minimum Gasteiger partial charge on any atom is -0.389 e. The van der Waals surface area contributed by atoms with Crippen LogP contribution < -0.4 is 15.5 Å². The number of benzene rings is 1. The van der Waals surface area contributed by atoms with Gasteiger partial charge in [0.05, 0.1) is 6.10 Å². The highest BCUT2D eigenvalue weighted by Gasteiger charge is 2.14. The molecule has 27 heavy (non-hydrogen) atoms. The Bertz CT molecular complexity index is 767. The number of nitrogens with one attached hydrogen (secondary N) is 2. The molecule has 1 saturated heterocycles. The van der Waals surface area contributed by atoms with Gasteiger partial charge < -0.3 is 25.5 Å². The summed E-state index contributed by atoms with van der Waals surface area (Å²) in [6, 6.07) is 8.37. The molecule has 1 fully saturated rings. The number of hydrogen-bond donors (Lipinski definition) is 3. The van der Waals surface area contributed by atoms with Crippen LogP contribution in [0.2, 0.25) is 0 Å². The van der Waals surface area contributed by atoms with Crippen molar-refractivity contribution in [2.45, 2.75) is 13.0 Å². The molecule has 1 aromatic heterocycles. The summed E-state index contributed by atoms with van der Waals surface area (Å²) in [7, 11) is 3.98. The lowest BCUT2D eigenvalue weighted by atomic mass is 10.2. The number of piperazine rings is 1. The van der Waals surface area contributed by atoms with Crippen LogP contribution in [0.15, 0.2) is 36.5 Å². The van der Waals surface area contributed by atoms with E-state index < -0.39 is 6.10 Å². The first-order valence-corrected chi connectivity index (χ1v) is 9.27. The monoisotopic (exact) mass is 368 g/mol. The van der Waals surface area contributed by atoms with E-state index in [2.05, 4.69) is 61.7 Å². The van der Waals surface area contributed by atoms with Gasteiger partial charge in [-0.2, -0.15) is 4.98 Å². The predicted octanol–water partition coefficient (Wildman–Crippen LogP) is 2.41. The number of anilines is 4. The molecule has 7 heteroatoms. The highest BCUT2D eigenvalue weighted by atomic mass is 16.3. The number of likely N-dealkylation sites (N-methyl/N-ethyl adjacent to an activating group) is 1. The van der Waals surface area contributed by atoms with Crippen molar-refractivity contribution in [2.75, 3.05) is 55.8 Å². The lowest BCUT2D eigenvalue weighted by Gasteiger charge is -2.34. The van der Waals surface area contributed by atoms with E-state index >= 15 is 0 Å². The molecule has 1 unspecified atom stereocenters. The zero-order chi connectivity index (χ0) is 19.2. The molecule has 1 aromatic carbocycles. The number of rotatable bonds is 6. The molecule has 3 rings (SSSR count). The summed E-state index contributed by atoms with van der Waals surface area (Å²) in [6.45, 7) is 6.00. The molecular weight excluding hydrogens is 340 g/mol. The van der Waals surface area contributed by atoms with Crippen molar-refractivity contribution in [1.29, 1.82) is 0 Å². The summed E-state index contributed by atoms with van der Waals surface area (Å²) in [4.78, 5) is 13.6. The first kappa shape index (κ1) is 19.1. The van der Waals surface area contributed by atoms with Gasteiger partial charge >= 0.3 is 0 Å². The van der Waals surface area contributed by atoms with Crippen molar-refractivity contribution >= 4 is 29.2 Å². The molecule has 0 saturated carbocycles. The molecule has 0 amide bonds. The summed E-state index contributed by atoms with van der Waals surface area (Å²) in [5, 5.41) is 15.7. The Kier molecular flexibility index (Phi) is 6.26. The van der Waals surface area contributed by atoms with Crippen LogP contribution in [0, 0.1) is 0 Å². The van der Waals surface area contributed by atoms with Gasteiger partial charge in [0.25, 0.3) is 0 Å². The third-order valence-electron chi connectivity index (χ3n) is 4.60. The van der Waals surface area contributed by atoms with E-state index in [0.717, 1.165) is 37.4 Å². The standard InChI is InChI=1S/C20H28N6O/c1-15(27)4-5-16-14-22-20(24-19(16)21-2)23-17-6-8-18(9-7-17)26-12-10-25(3)11-13-26/h4-9,14-15,27H,10-13H2,1-3H3,(H2,21,22,23,24). The maximum Gasteiger partial charge on any atom is 0.229 e. The lowest BCUT2D eigenvalue weighted by Crippen LogP contribution is -2.44. The molecule has 144 valence electrons. The fraction of sp³-hybridized carbons (Fsp3) is 0.400. The highest BCUT2D eigenvalue weighted by Crippen LogP contribution is 2.22. The second-order valence-electron chi connectivity index (χ2n) is 6.81. The molecule has 3 N–H and O–H groups in total. The van der Waals surface area contributed by atoms with Crippen molar-refractivity contribution in [3.8, 4) is 0 Å². The summed E-state index contributed by atoms with van der Waals surface area (Å²) in [5.74, 6) is 1.24. The van der Waals surface area contributed by atoms with Crippen molar-refractivity contribution in [1.82, 2.24) is 14.9 Å². The number of hydrogen-bond acceptors (Lipinski definition) is 7. The Morgan fingerprint density at radius 2 is 1.85 bits per heavy atom. The normalized spacial score (nSPS) is 16.5. The van der Waals surface area contributed by atoms with Gasteiger partial charge in [-0.3, -0.25) is 0 Å². The van der Waals surface area contributed by atoms with Crippen LogP contribution in [-0.2, 0) is 0 Å². The first-order valence-electron chi connectivity index (χ1n) is 9.27.